The molecule has 15 heavy (non-hydrogen) atoms. The van der Waals surface area contributed by atoms with E-state index >= 15 is 0 Å². The van der Waals surface area contributed by atoms with Crippen molar-refractivity contribution in [3.63, 3.8) is 0 Å². The Morgan fingerprint density at radius 1 is 1.53 bits per heavy atom. The number of alkyl halides is 2. The molecule has 1 aliphatic rings. The summed E-state index contributed by atoms with van der Waals surface area (Å²) in [5, 5.41) is 0. The van der Waals surface area contributed by atoms with Crippen molar-refractivity contribution in [2.75, 3.05) is 13.1 Å². The highest BCUT2D eigenvalue weighted by molar-refractivity contribution is 5.04. The zero-order valence-corrected chi connectivity index (χ0v) is 9.89. The van der Waals surface area contributed by atoms with Crippen LogP contribution in [0.1, 0.15) is 33.6 Å². The normalized spacial score (nSPS) is 23.3. The van der Waals surface area contributed by atoms with Gasteiger partial charge in [0.1, 0.15) is 0 Å². The van der Waals surface area contributed by atoms with Gasteiger partial charge in [-0.2, -0.15) is 0 Å². The SMILES string of the molecule is C=C(CN)N1CC(F)(F)CC1C.CCC. The first kappa shape index (κ1) is 14.4. The minimum atomic E-state index is -2.57. The summed E-state index contributed by atoms with van der Waals surface area (Å²) < 4.78 is 25.6. The summed E-state index contributed by atoms with van der Waals surface area (Å²) in [6, 6.07) is -0.143. The van der Waals surface area contributed by atoms with Crippen molar-refractivity contribution in [1.82, 2.24) is 4.90 Å². The van der Waals surface area contributed by atoms with E-state index in [1.54, 1.807) is 11.8 Å². The first-order valence-corrected chi connectivity index (χ1v) is 5.40. The molecule has 1 heterocycles. The van der Waals surface area contributed by atoms with Crippen LogP contribution < -0.4 is 5.73 Å². The lowest BCUT2D eigenvalue weighted by Gasteiger charge is -2.24. The fraction of sp³-hybridized carbons (Fsp3) is 0.818. The Kier molecular flexibility index (Phi) is 5.80. The van der Waals surface area contributed by atoms with Crippen molar-refractivity contribution in [1.29, 1.82) is 0 Å². The summed E-state index contributed by atoms with van der Waals surface area (Å²) in [6.07, 6.45) is 1.16. The quantitative estimate of drug-likeness (QED) is 0.775. The van der Waals surface area contributed by atoms with E-state index in [9.17, 15) is 8.78 Å². The molecular formula is C11H22F2N2. The van der Waals surface area contributed by atoms with Gasteiger partial charge in [-0.3, -0.25) is 0 Å². The number of likely N-dealkylation sites (tertiary alicyclic amines) is 1. The highest BCUT2D eigenvalue weighted by Crippen LogP contribution is 2.33. The van der Waals surface area contributed by atoms with Gasteiger partial charge in [-0.15, -0.1) is 0 Å². The third-order valence-electron chi connectivity index (χ3n) is 2.17. The lowest BCUT2D eigenvalue weighted by molar-refractivity contribution is 0.0146. The van der Waals surface area contributed by atoms with Crippen molar-refractivity contribution in [2.45, 2.75) is 45.6 Å². The Balaban J connectivity index is 0.000000583. The molecule has 0 amide bonds. The van der Waals surface area contributed by atoms with Gasteiger partial charge in [0.05, 0.1) is 6.54 Å². The minimum absolute atomic E-state index is 0.0913. The molecule has 0 aromatic carbocycles. The molecule has 0 radical (unpaired) electrons. The second-order valence-corrected chi connectivity index (χ2v) is 4.01. The summed E-state index contributed by atoms with van der Waals surface area (Å²) in [5.74, 6) is -2.57. The molecule has 2 N–H and O–H groups in total. The molecule has 0 spiro atoms. The van der Waals surface area contributed by atoms with E-state index in [-0.39, 0.29) is 25.6 Å². The molecular weight excluding hydrogens is 198 g/mol. The molecule has 1 aliphatic heterocycles. The summed E-state index contributed by atoms with van der Waals surface area (Å²) in [7, 11) is 0. The average molecular weight is 220 g/mol. The van der Waals surface area contributed by atoms with Crippen LogP contribution in [0.2, 0.25) is 0 Å². The zero-order chi connectivity index (χ0) is 12.1. The van der Waals surface area contributed by atoms with Gasteiger partial charge >= 0.3 is 0 Å². The van der Waals surface area contributed by atoms with E-state index in [4.69, 9.17) is 5.73 Å². The third kappa shape index (κ3) is 4.60. The van der Waals surface area contributed by atoms with Crippen LogP contribution in [0, 0.1) is 0 Å². The molecule has 0 saturated carbocycles. The Bertz CT molecular complexity index is 205. The monoisotopic (exact) mass is 220 g/mol. The van der Waals surface area contributed by atoms with Gasteiger partial charge < -0.3 is 10.6 Å². The summed E-state index contributed by atoms with van der Waals surface area (Å²) in [4.78, 5) is 1.58. The highest BCUT2D eigenvalue weighted by Gasteiger charge is 2.42. The molecule has 0 bridgehead atoms. The molecule has 1 atom stereocenters. The van der Waals surface area contributed by atoms with E-state index in [0.29, 0.717) is 5.70 Å². The lowest BCUT2D eigenvalue weighted by atomic mass is 10.2. The fourth-order valence-electron chi connectivity index (χ4n) is 1.55. The van der Waals surface area contributed by atoms with Crippen LogP contribution >= 0.6 is 0 Å². The van der Waals surface area contributed by atoms with E-state index < -0.39 is 5.92 Å². The number of rotatable bonds is 2. The Morgan fingerprint density at radius 2 is 2.00 bits per heavy atom. The maximum atomic E-state index is 12.8. The number of nitrogens with zero attached hydrogens (tertiary/aromatic N) is 1. The number of nitrogens with two attached hydrogens (primary N) is 1. The van der Waals surface area contributed by atoms with Gasteiger partial charge in [0, 0.05) is 24.7 Å². The smallest absolute Gasteiger partial charge is 0.267 e. The van der Waals surface area contributed by atoms with Crippen LogP contribution in [0.5, 0.6) is 0 Å². The molecule has 4 heteroatoms. The van der Waals surface area contributed by atoms with Gasteiger partial charge in [-0.1, -0.05) is 26.8 Å². The Morgan fingerprint density at radius 3 is 2.27 bits per heavy atom. The number of halogens is 2. The standard InChI is InChI=1S/C8H14F2N2.C3H8/c1-6-3-8(9,10)5-12(6)7(2)4-11;1-3-2/h6H,2-5,11H2,1H3;3H2,1-2H3. The highest BCUT2D eigenvalue weighted by atomic mass is 19.3. The molecule has 2 nitrogen and oxygen atoms in total. The zero-order valence-electron chi connectivity index (χ0n) is 9.89. The molecule has 90 valence electrons. The average Bonchev–Trinajstić information content (AvgIpc) is 2.40. The van der Waals surface area contributed by atoms with Gasteiger partial charge in [-0.25, -0.2) is 8.78 Å². The summed E-state index contributed by atoms with van der Waals surface area (Å²) in [6.45, 7) is 9.67. The lowest BCUT2D eigenvalue weighted by Crippen LogP contribution is -2.31. The van der Waals surface area contributed by atoms with E-state index in [1.807, 2.05) is 0 Å². The molecule has 0 aromatic rings. The molecule has 0 aliphatic carbocycles. The molecule has 0 aromatic heterocycles. The Hall–Kier alpha value is -0.640. The topological polar surface area (TPSA) is 29.3 Å². The maximum Gasteiger partial charge on any atom is 0.267 e. The van der Waals surface area contributed by atoms with E-state index in [0.717, 1.165) is 0 Å². The van der Waals surface area contributed by atoms with Crippen LogP contribution in [0.25, 0.3) is 0 Å². The number of hydrogen-bond acceptors (Lipinski definition) is 2. The van der Waals surface area contributed by atoms with Crippen LogP contribution in [0.15, 0.2) is 12.3 Å². The molecule has 1 fully saturated rings. The third-order valence-corrected chi connectivity index (χ3v) is 2.17. The predicted molar refractivity (Wildman–Crippen MR) is 59.9 cm³/mol. The summed E-state index contributed by atoms with van der Waals surface area (Å²) >= 11 is 0. The van der Waals surface area contributed by atoms with Crippen LogP contribution in [-0.2, 0) is 0 Å². The first-order valence-electron chi connectivity index (χ1n) is 5.40. The van der Waals surface area contributed by atoms with E-state index in [2.05, 4.69) is 20.4 Å². The Labute approximate surface area is 91.1 Å². The van der Waals surface area contributed by atoms with Crippen molar-refractivity contribution in [3.8, 4) is 0 Å². The van der Waals surface area contributed by atoms with E-state index in [1.165, 1.54) is 6.42 Å². The molecule has 1 unspecified atom stereocenters. The molecule has 1 rings (SSSR count). The second kappa shape index (κ2) is 6.05. The maximum absolute atomic E-state index is 12.8. The summed E-state index contributed by atoms with van der Waals surface area (Å²) in [5.41, 5.74) is 5.91. The minimum Gasteiger partial charge on any atom is -0.365 e. The van der Waals surface area contributed by atoms with Crippen molar-refractivity contribution >= 4 is 0 Å². The van der Waals surface area contributed by atoms with Gasteiger partial charge in [-0.05, 0) is 6.92 Å². The fourth-order valence-corrected chi connectivity index (χ4v) is 1.55. The van der Waals surface area contributed by atoms with Crippen molar-refractivity contribution in [2.24, 2.45) is 5.73 Å². The van der Waals surface area contributed by atoms with Crippen LogP contribution in [0.4, 0.5) is 8.78 Å². The van der Waals surface area contributed by atoms with Gasteiger partial charge in [0.15, 0.2) is 0 Å². The number of hydrogen-bond donors (Lipinski definition) is 1. The molecule has 1 saturated heterocycles. The van der Waals surface area contributed by atoms with Gasteiger partial charge in [0.2, 0.25) is 0 Å². The second-order valence-electron chi connectivity index (χ2n) is 4.01. The van der Waals surface area contributed by atoms with Crippen LogP contribution in [0.3, 0.4) is 0 Å². The first-order chi connectivity index (χ1) is 6.87. The van der Waals surface area contributed by atoms with Crippen molar-refractivity contribution < 1.29 is 8.78 Å². The predicted octanol–water partition coefficient (Wildman–Crippen LogP) is 2.60. The van der Waals surface area contributed by atoms with Gasteiger partial charge in [0.25, 0.3) is 5.92 Å². The van der Waals surface area contributed by atoms with Crippen molar-refractivity contribution in [3.05, 3.63) is 12.3 Å². The largest absolute Gasteiger partial charge is 0.365 e. The van der Waals surface area contributed by atoms with Crippen LogP contribution in [-0.4, -0.2) is 30.0 Å².